The molecule has 1 aromatic carbocycles. The maximum Gasteiger partial charge on any atom is 0.119 e. The van der Waals surface area contributed by atoms with Gasteiger partial charge >= 0.3 is 0 Å². The number of hydrogen-bond donors (Lipinski definition) is 2. The molecule has 0 spiro atoms. The minimum atomic E-state index is 0.611. The molecule has 1 unspecified atom stereocenters. The van der Waals surface area contributed by atoms with Gasteiger partial charge in [0.1, 0.15) is 5.75 Å². The van der Waals surface area contributed by atoms with Crippen LogP contribution in [0, 0.1) is 0 Å². The Hall–Kier alpha value is -2.04. The van der Waals surface area contributed by atoms with E-state index in [0.29, 0.717) is 6.04 Å². The van der Waals surface area contributed by atoms with Gasteiger partial charge in [0.05, 0.1) is 7.11 Å². The Morgan fingerprint density at radius 2 is 2.19 bits per heavy atom. The summed E-state index contributed by atoms with van der Waals surface area (Å²) in [5.41, 5.74) is 4.11. The maximum atomic E-state index is 5.37. The fraction of sp³-hybridized carbons (Fsp3) is 0.364. The molecule has 3 heterocycles. The fourth-order valence-corrected chi connectivity index (χ4v) is 4.61. The molecule has 136 valence electrons. The van der Waals surface area contributed by atoms with Crippen LogP contribution in [0.2, 0.25) is 0 Å². The topological polar surface area (TPSA) is 37.0 Å². The monoisotopic (exact) mass is 366 g/mol. The minimum absolute atomic E-state index is 0.611. The summed E-state index contributed by atoms with van der Waals surface area (Å²) in [6, 6.07) is 11.2. The number of nitrogens with one attached hydrogen (secondary N) is 2. The molecule has 2 N–H and O–H groups in total. The average molecular weight is 367 g/mol. The molecule has 3 aromatic rings. The molecule has 3 nitrogen and oxygen atoms in total. The number of benzene rings is 1. The number of thiophene rings is 1. The molecule has 4 rings (SSSR count). The van der Waals surface area contributed by atoms with Crippen LogP contribution in [-0.4, -0.2) is 24.7 Å². The van der Waals surface area contributed by atoms with Gasteiger partial charge < -0.3 is 15.0 Å². The van der Waals surface area contributed by atoms with E-state index in [-0.39, 0.29) is 0 Å². The third kappa shape index (κ3) is 3.87. The molecule has 1 atom stereocenters. The summed E-state index contributed by atoms with van der Waals surface area (Å²) in [6.07, 6.45) is 10.5. The van der Waals surface area contributed by atoms with Crippen LogP contribution in [0.25, 0.3) is 16.5 Å². The summed E-state index contributed by atoms with van der Waals surface area (Å²) in [4.78, 5) is 4.81. The van der Waals surface area contributed by atoms with Crippen molar-refractivity contribution in [3.63, 3.8) is 0 Å². The van der Waals surface area contributed by atoms with Crippen molar-refractivity contribution in [2.75, 3.05) is 13.7 Å². The number of unbranched alkanes of at least 4 members (excludes halogenated alkanes) is 1. The van der Waals surface area contributed by atoms with Gasteiger partial charge in [-0.2, -0.15) is 0 Å². The van der Waals surface area contributed by atoms with Crippen LogP contribution >= 0.6 is 11.3 Å². The molecule has 0 bridgehead atoms. The van der Waals surface area contributed by atoms with Gasteiger partial charge in [-0.25, -0.2) is 0 Å². The lowest BCUT2D eigenvalue weighted by Gasteiger charge is -2.24. The quantitative estimate of drug-likeness (QED) is 0.550. The van der Waals surface area contributed by atoms with E-state index in [9.17, 15) is 0 Å². The first-order valence-corrected chi connectivity index (χ1v) is 10.3. The van der Waals surface area contributed by atoms with Crippen molar-refractivity contribution in [3.8, 4) is 5.75 Å². The Kier molecular flexibility index (Phi) is 5.42. The lowest BCUT2D eigenvalue weighted by Crippen LogP contribution is -2.32. The molecule has 4 heteroatoms. The van der Waals surface area contributed by atoms with Crippen LogP contribution in [0.15, 0.2) is 48.0 Å². The number of H-pyrrole nitrogens is 1. The molecule has 0 saturated heterocycles. The van der Waals surface area contributed by atoms with E-state index < -0.39 is 0 Å². The van der Waals surface area contributed by atoms with Crippen LogP contribution < -0.4 is 10.1 Å². The Morgan fingerprint density at radius 1 is 1.23 bits per heavy atom. The maximum absolute atomic E-state index is 5.37. The second-order valence-corrected chi connectivity index (χ2v) is 7.93. The van der Waals surface area contributed by atoms with Crippen molar-refractivity contribution >= 4 is 27.8 Å². The van der Waals surface area contributed by atoms with E-state index >= 15 is 0 Å². The number of hydrogen-bond acceptors (Lipinski definition) is 3. The number of fused-ring (bicyclic) bond motifs is 1. The van der Waals surface area contributed by atoms with Gasteiger partial charge in [0.25, 0.3) is 0 Å². The third-order valence-electron chi connectivity index (χ3n) is 5.28. The van der Waals surface area contributed by atoms with E-state index in [4.69, 9.17) is 4.74 Å². The molecule has 0 radical (unpaired) electrons. The SMILES string of the molecule is COc1ccc2[nH]cc(CCCCC3CC(c4cccs4)=CCN3)c2c1. The Balaban J connectivity index is 1.29. The zero-order valence-corrected chi connectivity index (χ0v) is 16.1. The largest absolute Gasteiger partial charge is 0.497 e. The fourth-order valence-electron chi connectivity index (χ4n) is 3.83. The molecule has 0 amide bonds. The number of ether oxygens (including phenoxy) is 1. The normalized spacial score (nSPS) is 17.4. The molecular weight excluding hydrogens is 340 g/mol. The third-order valence-corrected chi connectivity index (χ3v) is 6.23. The molecule has 26 heavy (non-hydrogen) atoms. The summed E-state index contributed by atoms with van der Waals surface area (Å²) >= 11 is 1.85. The first-order valence-electron chi connectivity index (χ1n) is 9.44. The summed E-state index contributed by atoms with van der Waals surface area (Å²) < 4.78 is 5.37. The number of methoxy groups -OCH3 is 1. The first kappa shape index (κ1) is 17.4. The number of aromatic amines is 1. The lowest BCUT2D eigenvalue weighted by atomic mass is 9.95. The highest BCUT2D eigenvalue weighted by Gasteiger charge is 2.16. The van der Waals surface area contributed by atoms with Crippen LogP contribution in [0.1, 0.15) is 36.1 Å². The van der Waals surface area contributed by atoms with Gasteiger partial charge in [-0.3, -0.25) is 0 Å². The van der Waals surface area contributed by atoms with Crippen molar-refractivity contribution in [2.24, 2.45) is 0 Å². The second kappa shape index (κ2) is 8.11. The smallest absolute Gasteiger partial charge is 0.119 e. The van der Waals surface area contributed by atoms with E-state index in [1.165, 1.54) is 46.2 Å². The molecule has 0 fully saturated rings. The van der Waals surface area contributed by atoms with Crippen molar-refractivity contribution < 1.29 is 4.74 Å². The van der Waals surface area contributed by atoms with Crippen molar-refractivity contribution in [3.05, 3.63) is 58.4 Å². The highest BCUT2D eigenvalue weighted by Crippen LogP contribution is 2.28. The van der Waals surface area contributed by atoms with E-state index in [1.807, 2.05) is 17.4 Å². The first-order chi connectivity index (χ1) is 12.8. The van der Waals surface area contributed by atoms with Gasteiger partial charge in [0, 0.05) is 34.6 Å². The summed E-state index contributed by atoms with van der Waals surface area (Å²) in [5, 5.41) is 7.12. The Labute approximate surface area is 159 Å². The van der Waals surface area contributed by atoms with Crippen LogP contribution in [0.5, 0.6) is 5.75 Å². The van der Waals surface area contributed by atoms with Gasteiger partial charge in [0.15, 0.2) is 0 Å². The number of aromatic nitrogens is 1. The van der Waals surface area contributed by atoms with Crippen LogP contribution in [0.4, 0.5) is 0 Å². The van der Waals surface area contributed by atoms with E-state index in [0.717, 1.165) is 25.1 Å². The van der Waals surface area contributed by atoms with Crippen LogP contribution in [0.3, 0.4) is 0 Å². The minimum Gasteiger partial charge on any atom is -0.497 e. The predicted octanol–water partition coefficient (Wildman–Crippen LogP) is 5.40. The Morgan fingerprint density at radius 3 is 3.04 bits per heavy atom. The number of rotatable bonds is 7. The van der Waals surface area contributed by atoms with Gasteiger partial charge in [-0.1, -0.05) is 18.6 Å². The molecule has 0 saturated carbocycles. The van der Waals surface area contributed by atoms with E-state index in [2.05, 4.69) is 52.2 Å². The highest BCUT2D eigenvalue weighted by atomic mass is 32.1. The second-order valence-electron chi connectivity index (χ2n) is 6.99. The van der Waals surface area contributed by atoms with E-state index in [1.54, 1.807) is 7.11 Å². The van der Waals surface area contributed by atoms with Gasteiger partial charge in [-0.05, 0) is 66.5 Å². The van der Waals surface area contributed by atoms with Crippen molar-refractivity contribution in [1.82, 2.24) is 10.3 Å². The van der Waals surface area contributed by atoms with Crippen molar-refractivity contribution in [1.29, 1.82) is 0 Å². The zero-order valence-electron chi connectivity index (χ0n) is 15.3. The molecule has 1 aliphatic rings. The zero-order chi connectivity index (χ0) is 17.8. The highest BCUT2D eigenvalue weighted by molar-refractivity contribution is 7.11. The summed E-state index contributed by atoms with van der Waals surface area (Å²) in [5.74, 6) is 0.928. The number of aryl methyl sites for hydroxylation is 1. The van der Waals surface area contributed by atoms with Gasteiger partial charge in [-0.15, -0.1) is 11.3 Å². The van der Waals surface area contributed by atoms with Crippen LogP contribution in [-0.2, 0) is 6.42 Å². The van der Waals surface area contributed by atoms with Crippen molar-refractivity contribution in [2.45, 2.75) is 38.1 Å². The molecule has 0 aliphatic carbocycles. The molecule has 2 aromatic heterocycles. The molecule has 1 aliphatic heterocycles. The van der Waals surface area contributed by atoms with Gasteiger partial charge in [0.2, 0.25) is 0 Å². The molecular formula is C22H26N2OS. The lowest BCUT2D eigenvalue weighted by molar-refractivity contribution is 0.415. The Bertz CT molecular complexity index is 879. The summed E-state index contributed by atoms with van der Waals surface area (Å²) in [6.45, 7) is 1.00. The standard InChI is InChI=1S/C22H26N2OS/c1-25-19-8-9-21-20(14-19)17(15-24-21)5-2-3-6-18-13-16(10-11-23-18)22-7-4-12-26-22/h4,7-10,12,14-15,18,23-24H,2-3,5-6,11,13H2,1H3. The average Bonchev–Trinajstić information content (AvgIpc) is 3.35. The predicted molar refractivity (Wildman–Crippen MR) is 111 cm³/mol. The summed E-state index contributed by atoms with van der Waals surface area (Å²) in [7, 11) is 1.73.